The van der Waals surface area contributed by atoms with Crippen LogP contribution in [-0.4, -0.2) is 30.9 Å². The Morgan fingerprint density at radius 2 is 1.70 bits per heavy atom. The maximum atomic E-state index is 13.7. The fourth-order valence-corrected chi connectivity index (χ4v) is 2.65. The van der Waals surface area contributed by atoms with Crippen molar-refractivity contribution in [2.24, 2.45) is 5.73 Å². The molecule has 2 aromatic rings. The van der Waals surface area contributed by atoms with E-state index in [0.717, 1.165) is 0 Å². The molecule has 1 unspecified atom stereocenters. The SMILES string of the molecule is NCCCCC(NC(=O)c1cccc(N)c1)C(=O)COc1c(F)c(F)cc(F)c1F. The highest BCUT2D eigenvalue weighted by atomic mass is 19.2. The molecule has 0 aliphatic rings. The molecule has 1 amide bonds. The number of nitrogen functional groups attached to an aromatic ring is 1. The Labute approximate surface area is 170 Å². The second-order valence-corrected chi connectivity index (χ2v) is 6.49. The van der Waals surface area contributed by atoms with Gasteiger partial charge in [-0.3, -0.25) is 9.59 Å². The van der Waals surface area contributed by atoms with E-state index in [9.17, 15) is 27.2 Å². The number of anilines is 1. The highest BCUT2D eigenvalue weighted by molar-refractivity contribution is 5.98. The fourth-order valence-electron chi connectivity index (χ4n) is 2.65. The summed E-state index contributed by atoms with van der Waals surface area (Å²) in [5.41, 5.74) is 11.6. The molecule has 0 bridgehead atoms. The summed E-state index contributed by atoms with van der Waals surface area (Å²) in [6, 6.07) is 4.99. The van der Waals surface area contributed by atoms with Crippen molar-refractivity contribution in [3.05, 3.63) is 59.2 Å². The van der Waals surface area contributed by atoms with Gasteiger partial charge in [0.25, 0.3) is 5.91 Å². The van der Waals surface area contributed by atoms with E-state index < -0.39 is 53.4 Å². The van der Waals surface area contributed by atoms with Gasteiger partial charge in [-0.15, -0.1) is 0 Å². The van der Waals surface area contributed by atoms with Gasteiger partial charge in [0, 0.05) is 17.3 Å². The molecule has 2 rings (SSSR count). The quantitative estimate of drug-likeness (QED) is 0.234. The Balaban J connectivity index is 2.12. The number of ketones is 1. The highest BCUT2D eigenvalue weighted by Gasteiger charge is 2.25. The summed E-state index contributed by atoms with van der Waals surface area (Å²) < 4.78 is 58.7. The zero-order valence-corrected chi connectivity index (χ0v) is 15.9. The first-order valence-electron chi connectivity index (χ1n) is 9.09. The third-order valence-electron chi connectivity index (χ3n) is 4.22. The molecule has 162 valence electrons. The van der Waals surface area contributed by atoms with Crippen LogP contribution in [0.4, 0.5) is 23.2 Å². The largest absolute Gasteiger partial charge is 0.479 e. The van der Waals surface area contributed by atoms with Crippen LogP contribution >= 0.6 is 0 Å². The number of Topliss-reactive ketones (excluding diaryl/α,β-unsaturated/α-hetero) is 1. The zero-order valence-electron chi connectivity index (χ0n) is 15.9. The predicted octanol–water partition coefficient (Wildman–Crippen LogP) is 2.70. The highest BCUT2D eigenvalue weighted by Crippen LogP contribution is 2.26. The van der Waals surface area contributed by atoms with Crippen molar-refractivity contribution in [1.82, 2.24) is 5.32 Å². The number of nitrogens with two attached hydrogens (primary N) is 2. The lowest BCUT2D eigenvalue weighted by molar-refractivity contribution is -0.123. The Morgan fingerprint density at radius 3 is 2.30 bits per heavy atom. The van der Waals surface area contributed by atoms with E-state index >= 15 is 0 Å². The van der Waals surface area contributed by atoms with Crippen LogP contribution in [0.15, 0.2) is 30.3 Å². The lowest BCUT2D eigenvalue weighted by Gasteiger charge is -2.18. The molecule has 0 fully saturated rings. The standard InChI is InChI=1S/C20H21F4N3O3/c21-13-9-14(22)18(24)19(17(13)23)30-10-16(28)15(6-1-2-7-25)27-20(29)11-4-3-5-12(26)8-11/h3-5,8-9,15H,1-2,6-7,10,25-26H2,(H,27,29). The maximum absolute atomic E-state index is 13.7. The summed E-state index contributed by atoms with van der Waals surface area (Å²) in [4.78, 5) is 24.9. The number of hydrogen-bond donors (Lipinski definition) is 3. The Hall–Kier alpha value is -3.14. The van der Waals surface area contributed by atoms with Crippen molar-refractivity contribution in [2.45, 2.75) is 25.3 Å². The summed E-state index contributed by atoms with van der Waals surface area (Å²) in [7, 11) is 0. The minimum absolute atomic E-state index is 0.0285. The van der Waals surface area contributed by atoms with Crippen LogP contribution in [-0.2, 0) is 4.79 Å². The first kappa shape index (κ1) is 23.1. The van der Waals surface area contributed by atoms with Crippen molar-refractivity contribution in [2.75, 3.05) is 18.9 Å². The van der Waals surface area contributed by atoms with Gasteiger partial charge >= 0.3 is 0 Å². The number of unbranched alkanes of at least 4 members (excludes halogenated alkanes) is 1. The molecule has 10 heteroatoms. The smallest absolute Gasteiger partial charge is 0.251 e. The van der Waals surface area contributed by atoms with Crippen LogP contribution in [0.3, 0.4) is 0 Å². The van der Waals surface area contributed by atoms with E-state index in [1.165, 1.54) is 12.1 Å². The lowest BCUT2D eigenvalue weighted by atomic mass is 10.0. The van der Waals surface area contributed by atoms with Crippen LogP contribution in [0.25, 0.3) is 0 Å². The first-order valence-corrected chi connectivity index (χ1v) is 9.09. The third-order valence-corrected chi connectivity index (χ3v) is 4.22. The number of halogens is 4. The van der Waals surface area contributed by atoms with Crippen molar-refractivity contribution < 1.29 is 31.9 Å². The molecule has 0 saturated carbocycles. The van der Waals surface area contributed by atoms with Crippen LogP contribution in [0.5, 0.6) is 5.75 Å². The van der Waals surface area contributed by atoms with Crippen LogP contribution in [0.2, 0.25) is 0 Å². The molecule has 5 N–H and O–H groups in total. The van der Waals surface area contributed by atoms with E-state index in [-0.39, 0.29) is 18.1 Å². The van der Waals surface area contributed by atoms with Crippen LogP contribution in [0.1, 0.15) is 29.6 Å². The normalized spacial score (nSPS) is 11.8. The molecule has 6 nitrogen and oxygen atoms in total. The maximum Gasteiger partial charge on any atom is 0.251 e. The van der Waals surface area contributed by atoms with Gasteiger partial charge in [-0.25, -0.2) is 8.78 Å². The van der Waals surface area contributed by atoms with E-state index in [1.54, 1.807) is 12.1 Å². The second-order valence-electron chi connectivity index (χ2n) is 6.49. The molecule has 0 radical (unpaired) electrons. The molecular weight excluding hydrogens is 406 g/mol. The minimum Gasteiger partial charge on any atom is -0.479 e. The molecule has 0 saturated heterocycles. The predicted molar refractivity (Wildman–Crippen MR) is 102 cm³/mol. The summed E-state index contributed by atoms with van der Waals surface area (Å²) in [5, 5.41) is 2.51. The number of benzene rings is 2. The summed E-state index contributed by atoms with van der Waals surface area (Å²) in [5.74, 6) is -9.52. The van der Waals surface area contributed by atoms with Crippen molar-refractivity contribution in [3.8, 4) is 5.75 Å². The molecule has 1 atom stereocenters. The van der Waals surface area contributed by atoms with Gasteiger partial charge in [0.15, 0.2) is 23.2 Å². The van der Waals surface area contributed by atoms with Gasteiger partial charge in [-0.05, 0) is 44.0 Å². The minimum atomic E-state index is -1.76. The summed E-state index contributed by atoms with van der Waals surface area (Å²) in [6.07, 6.45) is 1.22. The molecule has 0 heterocycles. The van der Waals surface area contributed by atoms with Gasteiger partial charge < -0.3 is 21.5 Å². The van der Waals surface area contributed by atoms with E-state index in [2.05, 4.69) is 5.32 Å². The number of amides is 1. The summed E-state index contributed by atoms with van der Waals surface area (Å²) >= 11 is 0. The van der Waals surface area contributed by atoms with Crippen molar-refractivity contribution >= 4 is 17.4 Å². The van der Waals surface area contributed by atoms with E-state index in [1.807, 2.05) is 0 Å². The van der Waals surface area contributed by atoms with E-state index in [0.29, 0.717) is 25.1 Å². The Kier molecular flexibility index (Phi) is 8.16. The molecule has 2 aromatic carbocycles. The molecule has 0 aliphatic carbocycles. The van der Waals surface area contributed by atoms with Crippen molar-refractivity contribution in [1.29, 1.82) is 0 Å². The van der Waals surface area contributed by atoms with Gasteiger partial charge in [0.2, 0.25) is 11.6 Å². The molecule has 0 aromatic heterocycles. The molecular formula is C20H21F4N3O3. The number of carbonyl (C=O) groups is 2. The molecule has 0 aliphatic heterocycles. The molecule has 30 heavy (non-hydrogen) atoms. The average molecular weight is 427 g/mol. The van der Waals surface area contributed by atoms with Gasteiger partial charge in [-0.2, -0.15) is 8.78 Å². The number of rotatable bonds is 10. The number of ether oxygens (including phenoxy) is 1. The Bertz CT molecular complexity index is 898. The fraction of sp³-hybridized carbons (Fsp3) is 0.300. The summed E-state index contributed by atoms with van der Waals surface area (Å²) in [6.45, 7) is -0.555. The van der Waals surface area contributed by atoms with Crippen LogP contribution in [0, 0.1) is 23.3 Å². The van der Waals surface area contributed by atoms with E-state index in [4.69, 9.17) is 16.2 Å². The Morgan fingerprint density at radius 1 is 1.03 bits per heavy atom. The number of hydrogen-bond acceptors (Lipinski definition) is 5. The average Bonchev–Trinajstić information content (AvgIpc) is 2.71. The van der Waals surface area contributed by atoms with Crippen molar-refractivity contribution in [3.63, 3.8) is 0 Å². The lowest BCUT2D eigenvalue weighted by Crippen LogP contribution is -2.43. The first-order chi connectivity index (χ1) is 14.2. The van der Waals surface area contributed by atoms with Gasteiger partial charge in [0.05, 0.1) is 6.04 Å². The molecule has 0 spiro atoms. The third kappa shape index (κ3) is 5.93. The number of nitrogens with one attached hydrogen (secondary N) is 1. The second kappa shape index (κ2) is 10.6. The monoisotopic (exact) mass is 427 g/mol. The topological polar surface area (TPSA) is 107 Å². The van der Waals surface area contributed by atoms with Gasteiger partial charge in [0.1, 0.15) is 6.61 Å². The van der Waals surface area contributed by atoms with Gasteiger partial charge in [-0.1, -0.05) is 6.07 Å². The zero-order chi connectivity index (χ0) is 22.3. The van der Waals surface area contributed by atoms with Crippen LogP contribution < -0.4 is 21.5 Å². The number of carbonyl (C=O) groups excluding carboxylic acids is 2.